The van der Waals surface area contributed by atoms with Gasteiger partial charge in [0.15, 0.2) is 0 Å². The van der Waals surface area contributed by atoms with Crippen molar-refractivity contribution in [1.82, 2.24) is 15.0 Å². The molecule has 0 aliphatic heterocycles. The van der Waals surface area contributed by atoms with Crippen molar-refractivity contribution < 1.29 is 14.3 Å². The molecule has 10 nitrogen and oxygen atoms in total. The highest BCUT2D eigenvalue weighted by Crippen LogP contribution is 2.60. The molecule has 2 fully saturated rings. The SMILES string of the molecule is CC1(C)C(C=C(Cl)Cl)C1C(=O)OC(C#N)c1cccc(Oc2ccccc2)c1.Nc1nc(N)nc(NC2CC2)n1. The van der Waals surface area contributed by atoms with E-state index < -0.39 is 12.1 Å². The Morgan fingerprint density at radius 3 is 2.33 bits per heavy atom. The van der Waals surface area contributed by atoms with Crippen molar-refractivity contribution in [2.75, 3.05) is 16.8 Å². The van der Waals surface area contributed by atoms with Crippen LogP contribution in [0, 0.1) is 28.6 Å². The number of nitrogens with one attached hydrogen (secondary N) is 1. The van der Waals surface area contributed by atoms with Crippen LogP contribution >= 0.6 is 23.2 Å². The Hall–Kier alpha value is -4.07. The number of benzene rings is 2. The second kappa shape index (κ2) is 12.4. The van der Waals surface area contributed by atoms with Crippen molar-refractivity contribution in [3.05, 3.63) is 70.7 Å². The van der Waals surface area contributed by atoms with Crippen LogP contribution in [0.1, 0.15) is 38.4 Å². The third kappa shape index (κ3) is 7.74. The van der Waals surface area contributed by atoms with Gasteiger partial charge in [0.25, 0.3) is 0 Å². The molecule has 0 spiro atoms. The van der Waals surface area contributed by atoms with E-state index in [4.69, 9.17) is 44.1 Å². The highest BCUT2D eigenvalue weighted by Gasteiger charge is 2.62. The maximum absolute atomic E-state index is 12.6. The Labute approximate surface area is 242 Å². The number of ether oxygens (including phenoxy) is 2. The molecule has 2 aromatic carbocycles. The fraction of sp³-hybridized carbons (Fsp3) is 0.321. The fourth-order valence-corrected chi connectivity index (χ4v) is 4.45. The first kappa shape index (κ1) is 28.9. The Balaban J connectivity index is 0.000000255. The first-order valence-electron chi connectivity index (χ1n) is 12.6. The highest BCUT2D eigenvalue weighted by molar-refractivity contribution is 6.55. The number of aromatic nitrogens is 3. The summed E-state index contributed by atoms with van der Waals surface area (Å²) in [5, 5.41) is 12.6. The van der Waals surface area contributed by atoms with Gasteiger partial charge in [0, 0.05) is 11.6 Å². The number of anilines is 3. The summed E-state index contributed by atoms with van der Waals surface area (Å²) in [7, 11) is 0. The summed E-state index contributed by atoms with van der Waals surface area (Å²) in [6.07, 6.45) is 2.93. The van der Waals surface area contributed by atoms with Gasteiger partial charge in [-0.15, -0.1) is 0 Å². The van der Waals surface area contributed by atoms with Crippen LogP contribution in [0.15, 0.2) is 65.2 Å². The summed E-state index contributed by atoms with van der Waals surface area (Å²) >= 11 is 11.5. The second-order valence-electron chi connectivity index (χ2n) is 10.0. The molecule has 3 unspecified atom stereocenters. The number of carbonyl (C=O) groups excluding carboxylic acids is 1. The lowest BCUT2D eigenvalue weighted by Gasteiger charge is -2.13. The van der Waals surface area contributed by atoms with Gasteiger partial charge < -0.3 is 26.3 Å². The molecule has 2 aliphatic carbocycles. The topological polar surface area (TPSA) is 162 Å². The van der Waals surface area contributed by atoms with Crippen LogP contribution in [-0.4, -0.2) is 27.0 Å². The van der Waals surface area contributed by atoms with Crippen molar-refractivity contribution in [3.8, 4) is 17.6 Å². The van der Waals surface area contributed by atoms with E-state index in [9.17, 15) is 10.1 Å². The molecule has 0 bridgehead atoms. The molecule has 208 valence electrons. The fourth-order valence-electron chi connectivity index (χ4n) is 4.18. The van der Waals surface area contributed by atoms with Crippen LogP contribution in [0.25, 0.3) is 0 Å². The van der Waals surface area contributed by atoms with Gasteiger partial charge in [-0.3, -0.25) is 4.79 Å². The molecule has 0 amide bonds. The first-order chi connectivity index (χ1) is 19.1. The van der Waals surface area contributed by atoms with Gasteiger partial charge in [-0.05, 0) is 54.5 Å². The minimum atomic E-state index is -1.03. The molecular weight excluding hydrogens is 553 g/mol. The zero-order valence-electron chi connectivity index (χ0n) is 21.9. The molecule has 40 heavy (non-hydrogen) atoms. The Bertz CT molecular complexity index is 1400. The number of rotatable bonds is 8. The smallest absolute Gasteiger partial charge is 0.311 e. The Morgan fingerprint density at radius 1 is 1.07 bits per heavy atom. The normalized spacial score (nSPS) is 19.1. The zero-order valence-corrected chi connectivity index (χ0v) is 23.4. The van der Waals surface area contributed by atoms with E-state index in [1.807, 2.05) is 50.2 Å². The number of carbonyl (C=O) groups is 1. The van der Waals surface area contributed by atoms with Gasteiger partial charge in [0.05, 0.1) is 5.92 Å². The van der Waals surface area contributed by atoms with Gasteiger partial charge in [-0.25, -0.2) is 0 Å². The van der Waals surface area contributed by atoms with Gasteiger partial charge >= 0.3 is 5.97 Å². The van der Waals surface area contributed by atoms with Crippen molar-refractivity contribution >= 4 is 47.0 Å². The third-order valence-electron chi connectivity index (χ3n) is 6.54. The number of esters is 1. The van der Waals surface area contributed by atoms with Gasteiger partial charge in [-0.2, -0.15) is 20.2 Å². The summed E-state index contributed by atoms with van der Waals surface area (Å²) in [4.78, 5) is 24.0. The molecule has 12 heteroatoms. The lowest BCUT2D eigenvalue weighted by Crippen LogP contribution is -2.14. The molecule has 5 N–H and O–H groups in total. The van der Waals surface area contributed by atoms with E-state index in [0.717, 1.165) is 12.8 Å². The number of nitrogens with zero attached hydrogens (tertiary/aromatic N) is 4. The molecule has 1 aromatic heterocycles. The predicted molar refractivity (Wildman–Crippen MR) is 153 cm³/mol. The largest absolute Gasteiger partial charge is 0.457 e. The summed E-state index contributed by atoms with van der Waals surface area (Å²) in [5.74, 6) is 1.08. The molecule has 2 saturated carbocycles. The van der Waals surface area contributed by atoms with E-state index in [2.05, 4.69) is 20.3 Å². The standard InChI is InChI=1S/C22H19Cl2NO3.C6H10N6/c1-22(2)17(12-19(23)24)20(22)21(26)28-18(13-25)14-7-6-10-16(11-14)27-15-8-4-3-5-9-15;7-4-10-5(8)12-6(11-4)9-3-1-2-3/h3-12,17-18,20H,1-2H3;3H,1-2H2,(H5,7,8,9,10,11,12). The molecule has 5 rings (SSSR count). The molecule has 0 radical (unpaired) electrons. The number of hydrogen-bond acceptors (Lipinski definition) is 10. The highest BCUT2D eigenvalue weighted by atomic mass is 35.5. The third-order valence-corrected chi connectivity index (χ3v) is 6.79. The van der Waals surface area contributed by atoms with Gasteiger partial charge in [0.2, 0.25) is 23.9 Å². The van der Waals surface area contributed by atoms with E-state index in [1.54, 1.807) is 30.3 Å². The summed E-state index contributed by atoms with van der Waals surface area (Å²) in [6.45, 7) is 3.87. The van der Waals surface area contributed by atoms with Crippen LogP contribution < -0.4 is 21.5 Å². The maximum atomic E-state index is 12.6. The lowest BCUT2D eigenvalue weighted by atomic mass is 10.1. The first-order valence-corrected chi connectivity index (χ1v) is 13.3. The van der Waals surface area contributed by atoms with Crippen molar-refractivity contribution in [3.63, 3.8) is 0 Å². The number of hydrogen-bond donors (Lipinski definition) is 3. The Morgan fingerprint density at radius 2 is 1.73 bits per heavy atom. The van der Waals surface area contributed by atoms with E-state index in [1.165, 1.54) is 0 Å². The van der Waals surface area contributed by atoms with Crippen LogP contribution in [0.5, 0.6) is 11.5 Å². The van der Waals surface area contributed by atoms with Crippen LogP contribution in [0.2, 0.25) is 0 Å². The average molecular weight is 582 g/mol. The quantitative estimate of drug-likeness (QED) is 0.277. The van der Waals surface area contributed by atoms with E-state index in [-0.39, 0.29) is 33.6 Å². The summed E-state index contributed by atoms with van der Waals surface area (Å²) in [5.41, 5.74) is 11.0. The maximum Gasteiger partial charge on any atom is 0.311 e. The number of nitrogens with two attached hydrogens (primary N) is 2. The van der Waals surface area contributed by atoms with E-state index in [0.29, 0.717) is 29.1 Å². The molecule has 3 atom stereocenters. The van der Waals surface area contributed by atoms with Gasteiger partial charge in [0.1, 0.15) is 22.1 Å². The number of halogens is 2. The van der Waals surface area contributed by atoms with Crippen LogP contribution in [0.4, 0.5) is 17.8 Å². The molecule has 0 saturated heterocycles. The number of para-hydroxylation sites is 1. The number of nitriles is 1. The summed E-state index contributed by atoms with van der Waals surface area (Å²) in [6, 6.07) is 18.8. The summed E-state index contributed by atoms with van der Waals surface area (Å²) < 4.78 is 11.4. The monoisotopic (exact) mass is 581 g/mol. The number of nitrogen functional groups attached to an aromatic ring is 2. The van der Waals surface area contributed by atoms with Crippen molar-refractivity contribution in [2.45, 2.75) is 38.8 Å². The molecular formula is C28H29Cl2N7O3. The molecule has 1 heterocycles. The molecule has 3 aromatic rings. The average Bonchev–Trinajstić information content (AvgIpc) is 3.80. The van der Waals surface area contributed by atoms with E-state index >= 15 is 0 Å². The minimum Gasteiger partial charge on any atom is -0.457 e. The Kier molecular flexibility index (Phi) is 8.97. The molecule has 2 aliphatic rings. The lowest BCUT2D eigenvalue weighted by molar-refractivity contribution is -0.149. The van der Waals surface area contributed by atoms with Crippen LogP contribution in [-0.2, 0) is 9.53 Å². The minimum absolute atomic E-state index is 0.114. The predicted octanol–water partition coefficient (Wildman–Crippen LogP) is 5.79. The van der Waals surface area contributed by atoms with Crippen molar-refractivity contribution in [2.24, 2.45) is 17.3 Å². The number of allylic oxidation sites excluding steroid dienone is 1. The zero-order chi connectivity index (χ0) is 28.9. The van der Waals surface area contributed by atoms with Crippen molar-refractivity contribution in [1.29, 1.82) is 5.26 Å². The van der Waals surface area contributed by atoms with Crippen LogP contribution in [0.3, 0.4) is 0 Å². The van der Waals surface area contributed by atoms with Gasteiger partial charge in [-0.1, -0.05) is 67.4 Å². The second-order valence-corrected chi connectivity index (χ2v) is 11.0.